The molecule has 4 aromatic rings. The van der Waals surface area contributed by atoms with Crippen LogP contribution in [0.2, 0.25) is 0 Å². The van der Waals surface area contributed by atoms with Gasteiger partial charge in [0.05, 0.1) is 0 Å². The first kappa shape index (κ1) is 52.2. The minimum absolute atomic E-state index is 0.0517. The molecule has 62 heavy (non-hydrogen) atoms. The van der Waals surface area contributed by atoms with Gasteiger partial charge in [0.15, 0.2) is 14.3 Å². The molecule has 0 aliphatic rings. The average Bonchev–Trinajstić information content (AvgIpc) is 3.14. The highest BCUT2D eigenvalue weighted by molar-refractivity contribution is 7.88. The molecule has 0 unspecified atom stereocenters. The van der Waals surface area contributed by atoms with E-state index >= 15 is 35.1 Å². The summed E-state index contributed by atoms with van der Waals surface area (Å²) in [6.07, 6.45) is 0. The van der Waals surface area contributed by atoms with Gasteiger partial charge in [-0.3, -0.25) is 0 Å². The average molecular weight is 1150 g/mol. The Morgan fingerprint density at radius 1 is 0.339 bits per heavy atom. The summed E-state index contributed by atoms with van der Waals surface area (Å²) in [7, 11) is -14.5. The van der Waals surface area contributed by atoms with Crippen molar-refractivity contribution in [1.82, 2.24) is 0 Å². The molecule has 0 bridgehead atoms. The van der Waals surface area contributed by atoms with Crippen LogP contribution < -0.4 is 40.5 Å². The zero-order valence-corrected chi connectivity index (χ0v) is 42.2. The highest BCUT2D eigenvalue weighted by Crippen LogP contribution is 2.56. The van der Waals surface area contributed by atoms with Crippen molar-refractivity contribution in [3.63, 3.8) is 0 Å². The Hall–Kier alpha value is -2.40. The molecule has 0 aliphatic heterocycles. The predicted octanol–water partition coefficient (Wildman–Crippen LogP) is 5.88. The molecule has 0 aromatic heterocycles. The second-order valence-electron chi connectivity index (χ2n) is 18.7. The van der Waals surface area contributed by atoms with E-state index in [9.17, 15) is 16.8 Å². The summed E-state index contributed by atoms with van der Waals surface area (Å²) < 4.78 is 189. The molecule has 4 rings (SSSR count). The van der Waals surface area contributed by atoms with E-state index < -0.39 is 105 Å². The fraction of sp³-hybridized carbons (Fsp3) is 0.455. The van der Waals surface area contributed by atoms with Crippen LogP contribution in [0.25, 0.3) is 0 Å². The number of alkyl halides is 8. The van der Waals surface area contributed by atoms with E-state index in [0.29, 0.717) is 22.3 Å². The topological polar surface area (TPSA) is 86.7 Å². The normalized spacial score (nSPS) is 14.5. The molecular weight excluding hydrogens is 1090 g/mol. The van der Waals surface area contributed by atoms with Crippen molar-refractivity contribution in [2.75, 3.05) is 0 Å². The smallest absolute Gasteiger partial charge is 0.191 e. The van der Waals surface area contributed by atoms with Crippen LogP contribution in [-0.2, 0) is 46.9 Å². The van der Waals surface area contributed by atoms with Crippen molar-refractivity contribution in [1.29, 1.82) is 0 Å². The zero-order valence-electron chi connectivity index (χ0n) is 36.3. The molecule has 0 amide bonds. The van der Waals surface area contributed by atoms with Gasteiger partial charge in [0.1, 0.15) is 0 Å². The summed E-state index contributed by atoms with van der Waals surface area (Å²) >= 11 is -8.72. The van der Waals surface area contributed by atoms with Gasteiger partial charge >= 0.3 is 83.1 Å². The molecular formula is C44H52F8I2O6S2+2. The van der Waals surface area contributed by atoms with Crippen molar-refractivity contribution in [2.45, 2.75) is 127 Å². The second kappa shape index (κ2) is 17.4. The minimum atomic E-state index is -7.60. The first-order chi connectivity index (χ1) is 27.8. The largest absolute Gasteiger partial charge is 0.442 e. The van der Waals surface area contributed by atoms with Gasteiger partial charge < -0.3 is 0 Å². The SMILES string of the molecule is CC(C)(C)c1ccc([I+](OS(=O)(=O)C(F)(F)C(F)(F)C(F)(F)C(F)(F)S(=O)(=O)O[I+](c2ccc(C(C)(C)C)cc2)c2ccc(C(C)(C)C)cc2)c2ccc(C(C)(C)C)cc2)cc1. The van der Waals surface area contributed by atoms with Gasteiger partial charge in [0.2, 0.25) is 0 Å². The third-order valence-electron chi connectivity index (χ3n) is 9.68. The summed E-state index contributed by atoms with van der Waals surface area (Å²) in [4.78, 5) is 0. The Bertz CT molecular complexity index is 2130. The maximum absolute atomic E-state index is 15.8. The lowest BCUT2D eigenvalue weighted by Gasteiger charge is -2.34. The van der Waals surface area contributed by atoms with Crippen LogP contribution in [0.1, 0.15) is 105 Å². The molecule has 18 heteroatoms. The van der Waals surface area contributed by atoms with E-state index in [0.717, 1.165) is 0 Å². The van der Waals surface area contributed by atoms with Crippen LogP contribution in [0.5, 0.6) is 0 Å². The number of benzene rings is 4. The predicted molar refractivity (Wildman–Crippen MR) is 215 cm³/mol. The van der Waals surface area contributed by atoms with Gasteiger partial charge in [-0.15, -0.1) is 0 Å². The maximum atomic E-state index is 15.8. The molecule has 344 valence electrons. The van der Waals surface area contributed by atoms with Gasteiger partial charge in [-0.25, -0.2) is 0 Å². The molecule has 0 atom stereocenters. The maximum Gasteiger partial charge on any atom is 0.442 e. The third kappa shape index (κ3) is 10.5. The number of hydrogen-bond acceptors (Lipinski definition) is 6. The van der Waals surface area contributed by atoms with E-state index in [1.54, 1.807) is 0 Å². The summed E-state index contributed by atoms with van der Waals surface area (Å²) in [5.74, 6) is -15.2. The Morgan fingerprint density at radius 3 is 0.645 bits per heavy atom. The lowest BCUT2D eigenvalue weighted by atomic mass is 9.87. The fourth-order valence-corrected chi connectivity index (χ4v) is 19.4. The van der Waals surface area contributed by atoms with Crippen LogP contribution in [0.15, 0.2) is 97.1 Å². The van der Waals surface area contributed by atoms with Crippen molar-refractivity contribution < 1.29 is 97.5 Å². The molecule has 2 radical (unpaired) electrons. The third-order valence-corrected chi connectivity index (χ3v) is 24.4. The lowest BCUT2D eigenvalue weighted by molar-refractivity contribution is -1.03. The number of halogens is 10. The monoisotopic (exact) mass is 1150 g/mol. The van der Waals surface area contributed by atoms with Crippen molar-refractivity contribution in [3.8, 4) is 0 Å². The second-order valence-corrected chi connectivity index (χ2v) is 31.8. The molecule has 6 nitrogen and oxygen atoms in total. The number of rotatable bonds is 13. The highest BCUT2D eigenvalue weighted by atomic mass is 127. The Morgan fingerprint density at radius 2 is 0.500 bits per heavy atom. The molecule has 0 fully saturated rings. The van der Waals surface area contributed by atoms with Crippen molar-refractivity contribution >= 4 is 20.2 Å². The first-order valence-corrected chi connectivity index (χ1v) is 27.9. The van der Waals surface area contributed by atoms with Gasteiger partial charge in [0.25, 0.3) is 0 Å². The van der Waals surface area contributed by atoms with Crippen molar-refractivity contribution in [2.24, 2.45) is 0 Å². The van der Waals surface area contributed by atoms with Crippen LogP contribution in [0, 0.1) is 14.3 Å². The zero-order chi connectivity index (χ0) is 47.5. The summed E-state index contributed by atoms with van der Waals surface area (Å²) in [5.41, 5.74) is 0.965. The van der Waals surface area contributed by atoms with E-state index in [1.165, 1.54) is 97.1 Å². The molecule has 0 spiro atoms. The van der Waals surface area contributed by atoms with Crippen LogP contribution in [-0.4, -0.2) is 39.2 Å². The van der Waals surface area contributed by atoms with E-state index in [1.807, 2.05) is 83.1 Å². The first-order valence-electron chi connectivity index (χ1n) is 19.0. The molecule has 0 N–H and O–H groups in total. The van der Waals surface area contributed by atoms with Gasteiger partial charge in [-0.2, -0.15) is 52.0 Å². The van der Waals surface area contributed by atoms with E-state index in [2.05, 4.69) is 0 Å². The highest BCUT2D eigenvalue weighted by Gasteiger charge is 2.89. The Labute approximate surface area is 375 Å². The van der Waals surface area contributed by atoms with Gasteiger partial charge in [-0.1, -0.05) is 132 Å². The lowest BCUT2D eigenvalue weighted by Crippen LogP contribution is -3.85. The van der Waals surface area contributed by atoms with E-state index in [4.69, 9.17) is 5.03 Å². The number of hydrogen-bond donors (Lipinski definition) is 0. The van der Waals surface area contributed by atoms with Gasteiger partial charge in [0, 0.05) is 0 Å². The summed E-state index contributed by atoms with van der Waals surface area (Å²) in [5, 5.41) is -14.3. The summed E-state index contributed by atoms with van der Waals surface area (Å²) in [6, 6.07) is 22.6. The standard InChI is InChI=1S/C44H52F8I2O6S2/c1-37(2,3)29-13-21-33(22-14-29)53(34-23-15-30(16-24-34)38(4,5)6)59-61(55,56)43(49,50)41(45,46)42(47,48)44(51,52)62(57,58)60-54(35-25-17-31(18-26-35)39(7,8)9)36-27-19-32(20-28-36)40(10,11)12/h13-28H,1-12H3/q+2. The molecule has 0 saturated heterocycles. The summed E-state index contributed by atoms with van der Waals surface area (Å²) in [6.45, 7) is 22.1. The quantitative estimate of drug-likeness (QED) is 0.123. The molecule has 0 saturated carbocycles. The Kier molecular flexibility index (Phi) is 14.7. The van der Waals surface area contributed by atoms with E-state index in [-0.39, 0.29) is 14.3 Å². The Balaban J connectivity index is 1.79. The van der Waals surface area contributed by atoms with Crippen LogP contribution >= 0.6 is 0 Å². The fourth-order valence-electron chi connectivity index (χ4n) is 5.58. The molecule has 4 aromatic carbocycles. The molecule has 0 heterocycles. The van der Waals surface area contributed by atoms with Gasteiger partial charge in [-0.05, 0) is 97.5 Å². The van der Waals surface area contributed by atoms with Crippen molar-refractivity contribution in [3.05, 3.63) is 134 Å². The molecule has 0 aliphatic carbocycles. The minimum Gasteiger partial charge on any atom is -0.191 e. The van der Waals surface area contributed by atoms with Crippen LogP contribution in [0.4, 0.5) is 35.1 Å². The van der Waals surface area contributed by atoms with Crippen LogP contribution in [0.3, 0.4) is 0 Å².